The molecule has 0 aliphatic carbocycles. The molecule has 1 aromatic heterocycles. The Kier molecular flexibility index (Phi) is 3.29. The van der Waals surface area contributed by atoms with Crippen LogP contribution >= 0.6 is 0 Å². The van der Waals surface area contributed by atoms with Gasteiger partial charge in [-0.3, -0.25) is 4.79 Å². The van der Waals surface area contributed by atoms with Gasteiger partial charge in [-0.15, -0.1) is 0 Å². The number of sulfonamides is 1. The number of esters is 1. The number of amides is 2. The molecule has 0 bridgehead atoms. The lowest BCUT2D eigenvalue weighted by molar-refractivity contribution is -0.140. The lowest BCUT2D eigenvalue weighted by Gasteiger charge is -2.26. The van der Waals surface area contributed by atoms with Gasteiger partial charge in [0.1, 0.15) is 18.3 Å². The van der Waals surface area contributed by atoms with E-state index in [0.717, 1.165) is 7.11 Å². The lowest BCUT2D eigenvalue weighted by Crippen LogP contribution is -2.47. The number of nitrogens with one attached hydrogen (secondary N) is 1. The molecule has 0 fully saturated rings. The van der Waals surface area contributed by atoms with E-state index in [9.17, 15) is 18.0 Å². The van der Waals surface area contributed by atoms with Gasteiger partial charge in [0.15, 0.2) is 0 Å². The zero-order valence-corrected chi connectivity index (χ0v) is 11.0. The second-order valence-electron chi connectivity index (χ2n) is 3.68. The van der Waals surface area contributed by atoms with Gasteiger partial charge in [-0.2, -0.15) is 13.7 Å². The van der Waals surface area contributed by atoms with Crippen LogP contribution in [0.2, 0.25) is 0 Å². The van der Waals surface area contributed by atoms with Crippen LogP contribution in [0.4, 0.5) is 10.5 Å². The number of carbonyl (C=O) groups excluding carboxylic acids is 2. The van der Waals surface area contributed by atoms with Gasteiger partial charge in [-0.05, 0) is 12.1 Å². The van der Waals surface area contributed by atoms with E-state index in [1.54, 1.807) is 6.07 Å². The van der Waals surface area contributed by atoms with Crippen LogP contribution < -0.4 is 5.32 Å². The number of pyridine rings is 1. The Morgan fingerprint density at radius 2 is 2.25 bits per heavy atom. The van der Waals surface area contributed by atoms with Gasteiger partial charge in [0, 0.05) is 0 Å². The number of methoxy groups -OCH3 is 1. The normalized spacial score (nSPS) is 15.8. The Morgan fingerprint density at radius 1 is 1.55 bits per heavy atom. The number of hydrogen-bond donors (Lipinski definition) is 1. The summed E-state index contributed by atoms with van der Waals surface area (Å²) in [6.07, 6.45) is 0. The molecular weight excluding hydrogens is 288 g/mol. The molecule has 0 saturated carbocycles. The summed E-state index contributed by atoms with van der Waals surface area (Å²) in [5, 5.41) is 10.5. The van der Waals surface area contributed by atoms with Crippen LogP contribution in [0.15, 0.2) is 17.2 Å². The molecule has 1 N–H and O–H groups in total. The minimum Gasteiger partial charge on any atom is -0.468 e. The molecule has 1 aliphatic heterocycles. The molecule has 104 valence electrons. The molecular formula is C10H8N4O5S. The molecule has 0 radical (unpaired) electrons. The molecule has 9 nitrogen and oxygen atoms in total. The standard InChI is InChI=1S/C10H8N4O5S/c1-19-8(15)5-14-10(16)13-7-3-2-6(4-11)12-9(7)20(14,17)18/h2-3H,5H2,1H3,(H,13,16). The van der Waals surface area contributed by atoms with Crippen molar-refractivity contribution in [2.24, 2.45) is 0 Å². The SMILES string of the molecule is COC(=O)CN1C(=O)Nc2ccc(C#N)nc2S1(=O)=O. The van der Waals surface area contributed by atoms with E-state index in [1.165, 1.54) is 12.1 Å². The van der Waals surface area contributed by atoms with Gasteiger partial charge in [0.2, 0.25) is 5.03 Å². The highest BCUT2D eigenvalue weighted by Gasteiger charge is 2.39. The largest absolute Gasteiger partial charge is 0.468 e. The number of fused-ring (bicyclic) bond motifs is 1. The fraction of sp³-hybridized carbons (Fsp3) is 0.200. The van der Waals surface area contributed by atoms with E-state index in [4.69, 9.17) is 5.26 Å². The first-order chi connectivity index (χ1) is 9.40. The van der Waals surface area contributed by atoms with Gasteiger partial charge >= 0.3 is 12.0 Å². The van der Waals surface area contributed by atoms with Gasteiger partial charge < -0.3 is 10.1 Å². The summed E-state index contributed by atoms with van der Waals surface area (Å²) < 4.78 is 29.1. The van der Waals surface area contributed by atoms with Crippen LogP contribution in [0, 0.1) is 11.3 Å². The van der Waals surface area contributed by atoms with E-state index in [1.807, 2.05) is 0 Å². The highest BCUT2D eigenvalue weighted by atomic mass is 32.2. The quantitative estimate of drug-likeness (QED) is 0.739. The van der Waals surface area contributed by atoms with Gasteiger partial charge in [-0.25, -0.2) is 14.1 Å². The Bertz CT molecular complexity index is 737. The van der Waals surface area contributed by atoms with Crippen molar-refractivity contribution in [3.05, 3.63) is 17.8 Å². The number of aromatic nitrogens is 1. The molecule has 1 aliphatic rings. The summed E-state index contributed by atoms with van der Waals surface area (Å²) in [5.74, 6) is -0.899. The van der Waals surface area contributed by atoms with E-state index >= 15 is 0 Å². The summed E-state index contributed by atoms with van der Waals surface area (Å²) in [6.45, 7) is -0.775. The molecule has 0 spiro atoms. The zero-order valence-electron chi connectivity index (χ0n) is 10.2. The zero-order chi connectivity index (χ0) is 14.9. The first kappa shape index (κ1) is 13.8. The maximum atomic E-state index is 12.2. The molecule has 20 heavy (non-hydrogen) atoms. The third-order valence-corrected chi connectivity index (χ3v) is 4.15. The fourth-order valence-electron chi connectivity index (χ4n) is 1.52. The maximum absolute atomic E-state index is 12.2. The Hall–Kier alpha value is -2.67. The summed E-state index contributed by atoms with van der Waals surface area (Å²) in [4.78, 5) is 26.5. The Balaban J connectivity index is 2.53. The molecule has 2 heterocycles. The van der Waals surface area contributed by atoms with Crippen molar-refractivity contribution >= 4 is 27.7 Å². The van der Waals surface area contributed by atoms with Crippen molar-refractivity contribution in [1.29, 1.82) is 5.26 Å². The topological polar surface area (TPSA) is 129 Å². The summed E-state index contributed by atoms with van der Waals surface area (Å²) >= 11 is 0. The Labute approximate surface area is 113 Å². The minimum atomic E-state index is -4.31. The minimum absolute atomic E-state index is 0.0462. The predicted molar refractivity (Wildman–Crippen MR) is 63.9 cm³/mol. The van der Waals surface area contributed by atoms with Gasteiger partial charge in [0.05, 0.1) is 12.8 Å². The third-order valence-electron chi connectivity index (χ3n) is 2.48. The highest BCUT2D eigenvalue weighted by molar-refractivity contribution is 7.89. The van der Waals surface area contributed by atoms with Gasteiger partial charge in [0.25, 0.3) is 10.0 Å². The van der Waals surface area contributed by atoms with Crippen molar-refractivity contribution in [2.75, 3.05) is 19.0 Å². The smallest absolute Gasteiger partial charge is 0.336 e. The second-order valence-corrected chi connectivity index (χ2v) is 5.46. The summed E-state index contributed by atoms with van der Waals surface area (Å²) in [6, 6.07) is 3.23. The average molecular weight is 296 g/mol. The Morgan fingerprint density at radius 3 is 2.85 bits per heavy atom. The van der Waals surface area contributed by atoms with Crippen LogP contribution in [0.5, 0.6) is 0 Å². The number of nitriles is 1. The first-order valence-electron chi connectivity index (χ1n) is 5.22. The molecule has 0 aromatic carbocycles. The van der Waals surface area contributed by atoms with Crippen molar-refractivity contribution < 1.29 is 22.7 Å². The summed E-state index contributed by atoms with van der Waals surface area (Å²) in [7, 11) is -3.25. The summed E-state index contributed by atoms with van der Waals surface area (Å²) in [5.41, 5.74) is -0.170. The van der Waals surface area contributed by atoms with Crippen molar-refractivity contribution in [3.63, 3.8) is 0 Å². The average Bonchev–Trinajstić information content (AvgIpc) is 2.43. The van der Waals surface area contributed by atoms with Crippen LogP contribution in [-0.4, -0.2) is 43.4 Å². The second kappa shape index (κ2) is 4.78. The van der Waals surface area contributed by atoms with E-state index in [2.05, 4.69) is 15.0 Å². The van der Waals surface area contributed by atoms with Gasteiger partial charge in [-0.1, -0.05) is 0 Å². The van der Waals surface area contributed by atoms with Crippen LogP contribution in [0.1, 0.15) is 5.69 Å². The maximum Gasteiger partial charge on any atom is 0.336 e. The van der Waals surface area contributed by atoms with Crippen molar-refractivity contribution in [1.82, 2.24) is 9.29 Å². The lowest BCUT2D eigenvalue weighted by atomic mass is 10.3. The number of anilines is 1. The number of rotatable bonds is 2. The van der Waals surface area contributed by atoms with E-state index in [0.29, 0.717) is 4.31 Å². The van der Waals surface area contributed by atoms with Crippen LogP contribution in [0.25, 0.3) is 0 Å². The molecule has 2 amide bonds. The monoisotopic (exact) mass is 296 g/mol. The molecule has 1 aromatic rings. The molecule has 0 atom stereocenters. The number of urea groups is 1. The fourth-order valence-corrected chi connectivity index (χ4v) is 2.88. The predicted octanol–water partition coefficient (Wildman–Crippen LogP) is -0.338. The van der Waals surface area contributed by atoms with Crippen LogP contribution in [-0.2, 0) is 19.6 Å². The van der Waals surface area contributed by atoms with Crippen molar-refractivity contribution in [2.45, 2.75) is 5.03 Å². The number of nitrogens with zero attached hydrogens (tertiary/aromatic N) is 3. The molecule has 2 rings (SSSR count). The molecule has 0 saturated heterocycles. The van der Waals surface area contributed by atoms with Crippen molar-refractivity contribution in [3.8, 4) is 6.07 Å². The molecule has 10 heteroatoms. The number of ether oxygens (including phenoxy) is 1. The highest BCUT2D eigenvalue weighted by Crippen LogP contribution is 2.28. The third kappa shape index (κ3) is 2.14. The number of carbonyl (C=O) groups is 2. The molecule has 0 unspecified atom stereocenters. The first-order valence-corrected chi connectivity index (χ1v) is 6.66. The van der Waals surface area contributed by atoms with E-state index < -0.39 is 33.6 Å². The van der Waals surface area contributed by atoms with E-state index in [-0.39, 0.29) is 11.4 Å². The van der Waals surface area contributed by atoms with Crippen LogP contribution in [0.3, 0.4) is 0 Å². The number of hydrogen-bond acceptors (Lipinski definition) is 7.